The van der Waals surface area contributed by atoms with Crippen LogP contribution in [-0.2, 0) is 6.54 Å². The number of nitrogens with zero attached hydrogens (tertiary/aromatic N) is 1. The van der Waals surface area contributed by atoms with Crippen LogP contribution in [0, 0.1) is 18.6 Å². The van der Waals surface area contributed by atoms with Gasteiger partial charge in [0.2, 0.25) is 0 Å². The fraction of sp³-hybridized carbons (Fsp3) is 0.118. The van der Waals surface area contributed by atoms with Crippen molar-refractivity contribution in [1.82, 2.24) is 4.98 Å². The number of benzene rings is 2. The average Bonchev–Trinajstić information content (AvgIpc) is 2.46. The van der Waals surface area contributed by atoms with Crippen LogP contribution in [0.3, 0.4) is 0 Å². The summed E-state index contributed by atoms with van der Waals surface area (Å²) in [4.78, 5) is 4.53. The van der Waals surface area contributed by atoms with Crippen LogP contribution in [-0.4, -0.2) is 4.98 Å². The highest BCUT2D eigenvalue weighted by Gasteiger charge is 2.06. The topological polar surface area (TPSA) is 24.9 Å². The van der Waals surface area contributed by atoms with Gasteiger partial charge in [-0.05, 0) is 30.7 Å². The van der Waals surface area contributed by atoms with E-state index in [0.29, 0.717) is 11.4 Å². The van der Waals surface area contributed by atoms with Crippen molar-refractivity contribution in [2.24, 2.45) is 0 Å². The van der Waals surface area contributed by atoms with Crippen molar-refractivity contribution in [3.63, 3.8) is 0 Å². The van der Waals surface area contributed by atoms with Crippen molar-refractivity contribution >= 4 is 16.7 Å². The first-order valence-corrected chi connectivity index (χ1v) is 6.68. The Morgan fingerprint density at radius 2 is 1.86 bits per heavy atom. The van der Waals surface area contributed by atoms with Crippen LogP contribution in [0.2, 0.25) is 0 Å². The molecule has 4 heteroatoms. The lowest BCUT2D eigenvalue weighted by atomic mass is 10.1. The van der Waals surface area contributed by atoms with Gasteiger partial charge in [-0.25, -0.2) is 13.8 Å². The third-order valence-corrected chi connectivity index (χ3v) is 3.38. The van der Waals surface area contributed by atoms with Gasteiger partial charge in [0.25, 0.3) is 0 Å². The third-order valence-electron chi connectivity index (χ3n) is 3.38. The van der Waals surface area contributed by atoms with Gasteiger partial charge in [-0.3, -0.25) is 0 Å². The van der Waals surface area contributed by atoms with E-state index in [2.05, 4.69) is 10.3 Å². The Bertz CT molecular complexity index is 800. The Morgan fingerprint density at radius 1 is 1.05 bits per heavy atom. The molecule has 0 amide bonds. The van der Waals surface area contributed by atoms with Crippen LogP contribution in [0.4, 0.5) is 14.6 Å². The van der Waals surface area contributed by atoms with Gasteiger partial charge in [-0.1, -0.05) is 24.3 Å². The van der Waals surface area contributed by atoms with Crippen molar-refractivity contribution in [3.05, 3.63) is 71.3 Å². The summed E-state index contributed by atoms with van der Waals surface area (Å²) in [6, 6.07) is 13.4. The molecule has 3 rings (SSSR count). The zero-order valence-electron chi connectivity index (χ0n) is 11.5. The smallest absolute Gasteiger partial charge is 0.131 e. The highest BCUT2D eigenvalue weighted by Crippen LogP contribution is 2.20. The summed E-state index contributed by atoms with van der Waals surface area (Å²) in [6.07, 6.45) is 0. The molecule has 0 saturated carbocycles. The number of hydrogen-bond acceptors (Lipinski definition) is 2. The number of aromatic nitrogens is 1. The molecule has 0 aliphatic rings. The van der Waals surface area contributed by atoms with Crippen molar-refractivity contribution in [1.29, 1.82) is 0 Å². The number of para-hydroxylation sites is 1. The number of nitrogens with one attached hydrogen (secondary N) is 1. The number of aryl methyl sites for hydroxylation is 1. The second-order valence-electron chi connectivity index (χ2n) is 4.94. The molecule has 0 fully saturated rings. The number of anilines is 1. The van der Waals surface area contributed by atoms with Crippen molar-refractivity contribution in [3.8, 4) is 0 Å². The average molecular weight is 284 g/mol. The normalized spacial score (nSPS) is 10.8. The van der Waals surface area contributed by atoms with Crippen LogP contribution in [0.5, 0.6) is 0 Å². The highest BCUT2D eigenvalue weighted by molar-refractivity contribution is 5.81. The van der Waals surface area contributed by atoms with Gasteiger partial charge in [0.05, 0.1) is 5.52 Å². The Kier molecular flexibility index (Phi) is 3.52. The molecule has 1 heterocycles. The van der Waals surface area contributed by atoms with Gasteiger partial charge in [-0.2, -0.15) is 0 Å². The van der Waals surface area contributed by atoms with E-state index in [4.69, 9.17) is 0 Å². The molecule has 2 nitrogen and oxygen atoms in total. The highest BCUT2D eigenvalue weighted by atomic mass is 19.1. The lowest BCUT2D eigenvalue weighted by Crippen LogP contribution is -2.05. The summed E-state index contributed by atoms with van der Waals surface area (Å²) in [6.45, 7) is 2.21. The number of pyridine rings is 1. The minimum absolute atomic E-state index is 0.262. The predicted molar refractivity (Wildman–Crippen MR) is 80.2 cm³/mol. The maximum Gasteiger partial charge on any atom is 0.131 e. The summed E-state index contributed by atoms with van der Waals surface area (Å²) in [7, 11) is 0. The largest absolute Gasteiger partial charge is 0.366 e. The first-order chi connectivity index (χ1) is 10.1. The summed E-state index contributed by atoms with van der Waals surface area (Å²) in [5.41, 5.74) is 2.27. The van der Waals surface area contributed by atoms with E-state index in [0.717, 1.165) is 22.5 Å². The standard InChI is InChI=1S/C17H14F2N2/c1-11-8-12-4-2-3-5-16(12)21-17(11)20-10-13-6-7-14(18)9-15(13)19/h2-9H,10H2,1H3,(H,20,21). The molecule has 0 atom stereocenters. The van der Waals surface area contributed by atoms with Gasteiger partial charge >= 0.3 is 0 Å². The van der Waals surface area contributed by atoms with E-state index < -0.39 is 11.6 Å². The van der Waals surface area contributed by atoms with E-state index in [1.165, 1.54) is 12.1 Å². The lowest BCUT2D eigenvalue weighted by Gasteiger charge is -2.10. The Morgan fingerprint density at radius 3 is 2.67 bits per heavy atom. The number of hydrogen-bond donors (Lipinski definition) is 1. The second-order valence-corrected chi connectivity index (χ2v) is 4.94. The van der Waals surface area contributed by atoms with Gasteiger partial charge in [-0.15, -0.1) is 0 Å². The summed E-state index contributed by atoms with van der Waals surface area (Å²) >= 11 is 0. The van der Waals surface area contributed by atoms with Gasteiger partial charge in [0, 0.05) is 23.6 Å². The Balaban J connectivity index is 1.86. The zero-order chi connectivity index (χ0) is 14.8. The molecule has 0 aliphatic heterocycles. The van der Waals surface area contributed by atoms with Crippen LogP contribution >= 0.6 is 0 Å². The van der Waals surface area contributed by atoms with Gasteiger partial charge < -0.3 is 5.32 Å². The number of fused-ring (bicyclic) bond motifs is 1. The molecule has 106 valence electrons. The van der Waals surface area contributed by atoms with Crippen molar-refractivity contribution in [2.75, 3.05) is 5.32 Å². The Hall–Kier alpha value is -2.49. The molecule has 21 heavy (non-hydrogen) atoms. The molecule has 0 bridgehead atoms. The minimum atomic E-state index is -0.573. The maximum absolute atomic E-state index is 13.6. The Labute approximate surface area is 121 Å². The van der Waals surface area contributed by atoms with E-state index in [1.54, 1.807) is 0 Å². The molecule has 0 spiro atoms. The lowest BCUT2D eigenvalue weighted by molar-refractivity contribution is 0.574. The van der Waals surface area contributed by atoms with E-state index in [-0.39, 0.29) is 6.54 Å². The molecule has 0 aliphatic carbocycles. The summed E-state index contributed by atoms with van der Waals surface area (Å²) in [5.74, 6) is -0.422. The molecular formula is C17H14F2N2. The zero-order valence-corrected chi connectivity index (χ0v) is 11.5. The molecule has 0 saturated heterocycles. The van der Waals surface area contributed by atoms with Crippen LogP contribution < -0.4 is 5.32 Å². The van der Waals surface area contributed by atoms with Gasteiger partial charge in [0.1, 0.15) is 17.5 Å². The SMILES string of the molecule is Cc1cc2ccccc2nc1NCc1ccc(F)cc1F. The molecule has 0 unspecified atom stereocenters. The second kappa shape index (κ2) is 5.48. The maximum atomic E-state index is 13.6. The summed E-state index contributed by atoms with van der Waals surface area (Å²) < 4.78 is 26.5. The summed E-state index contributed by atoms with van der Waals surface area (Å²) in [5, 5.41) is 4.17. The first kappa shape index (κ1) is 13.5. The van der Waals surface area contributed by atoms with E-state index >= 15 is 0 Å². The number of rotatable bonds is 3. The van der Waals surface area contributed by atoms with Crippen LogP contribution in [0.25, 0.3) is 10.9 Å². The monoisotopic (exact) mass is 284 g/mol. The fourth-order valence-corrected chi connectivity index (χ4v) is 2.24. The van der Waals surface area contributed by atoms with Crippen molar-refractivity contribution < 1.29 is 8.78 Å². The van der Waals surface area contributed by atoms with Gasteiger partial charge in [0.15, 0.2) is 0 Å². The molecular weight excluding hydrogens is 270 g/mol. The molecule has 1 aromatic heterocycles. The molecule has 2 aromatic carbocycles. The molecule has 3 aromatic rings. The third kappa shape index (κ3) is 2.84. The van der Waals surface area contributed by atoms with E-state index in [1.807, 2.05) is 37.3 Å². The predicted octanol–water partition coefficient (Wildman–Crippen LogP) is 4.43. The van der Waals surface area contributed by atoms with Crippen molar-refractivity contribution in [2.45, 2.75) is 13.5 Å². The quantitative estimate of drug-likeness (QED) is 0.769. The van der Waals surface area contributed by atoms with Crippen LogP contribution in [0.15, 0.2) is 48.5 Å². The first-order valence-electron chi connectivity index (χ1n) is 6.68. The minimum Gasteiger partial charge on any atom is -0.366 e. The molecule has 1 N–H and O–H groups in total. The fourth-order valence-electron chi connectivity index (χ4n) is 2.24. The number of halogens is 2. The van der Waals surface area contributed by atoms with E-state index in [9.17, 15) is 8.78 Å². The molecule has 0 radical (unpaired) electrons. The van der Waals surface area contributed by atoms with Crippen LogP contribution in [0.1, 0.15) is 11.1 Å².